The molecule has 5 rings (SSSR count). The van der Waals surface area contributed by atoms with E-state index in [0.717, 1.165) is 49.3 Å². The van der Waals surface area contributed by atoms with Crippen molar-refractivity contribution in [1.29, 1.82) is 0 Å². The summed E-state index contributed by atoms with van der Waals surface area (Å²) in [6, 6.07) is 13.5. The summed E-state index contributed by atoms with van der Waals surface area (Å²) in [5, 5.41) is 15.8. The van der Waals surface area contributed by atoms with E-state index in [1.54, 1.807) is 12.3 Å². The Morgan fingerprint density at radius 1 is 1.03 bits per heavy atom. The van der Waals surface area contributed by atoms with E-state index in [1.807, 2.05) is 47.2 Å². The van der Waals surface area contributed by atoms with Crippen LogP contribution in [0.5, 0.6) is 0 Å². The highest BCUT2D eigenvalue weighted by atomic mass is 16.5. The summed E-state index contributed by atoms with van der Waals surface area (Å²) in [7, 11) is 0. The predicted molar refractivity (Wildman–Crippen MR) is 128 cm³/mol. The van der Waals surface area contributed by atoms with Crippen molar-refractivity contribution in [3.8, 4) is 5.82 Å². The van der Waals surface area contributed by atoms with Gasteiger partial charge in [0.2, 0.25) is 5.91 Å². The molecule has 1 aliphatic rings. The number of hydrogen-bond acceptors (Lipinski definition) is 8. The van der Waals surface area contributed by atoms with E-state index < -0.39 is 0 Å². The van der Waals surface area contributed by atoms with Crippen molar-refractivity contribution >= 4 is 28.4 Å². The van der Waals surface area contributed by atoms with Crippen molar-refractivity contribution in [2.75, 3.05) is 44.7 Å². The van der Waals surface area contributed by atoms with E-state index >= 15 is 0 Å². The molecular formula is C24H26N8O2. The summed E-state index contributed by atoms with van der Waals surface area (Å²) in [6.07, 6.45) is 5.39. The van der Waals surface area contributed by atoms with E-state index in [9.17, 15) is 4.79 Å². The lowest BCUT2D eigenvalue weighted by molar-refractivity contribution is -0.120. The van der Waals surface area contributed by atoms with Crippen LogP contribution < -0.4 is 10.6 Å². The van der Waals surface area contributed by atoms with E-state index in [2.05, 4.69) is 35.7 Å². The first-order valence-electron chi connectivity index (χ1n) is 11.3. The zero-order chi connectivity index (χ0) is 23.2. The maximum Gasteiger partial charge on any atom is 0.224 e. The van der Waals surface area contributed by atoms with E-state index in [1.165, 1.54) is 6.33 Å². The number of rotatable bonds is 8. The Bertz CT molecular complexity index is 1240. The Morgan fingerprint density at radius 3 is 2.71 bits per heavy atom. The summed E-state index contributed by atoms with van der Waals surface area (Å²) in [4.78, 5) is 23.0. The molecule has 174 valence electrons. The SMILES string of the molecule is O=C(Cc1cn(-c2ccc(Nc3ccncn3)nn2)c2ccccc12)NCCN1CCOCC1. The van der Waals surface area contributed by atoms with Crippen LogP contribution in [0.2, 0.25) is 0 Å². The van der Waals surface area contributed by atoms with Gasteiger partial charge in [0.1, 0.15) is 12.1 Å². The molecule has 0 aliphatic carbocycles. The van der Waals surface area contributed by atoms with Gasteiger partial charge in [-0.2, -0.15) is 0 Å². The Hall–Kier alpha value is -3.89. The van der Waals surface area contributed by atoms with Crippen LogP contribution in [-0.2, 0) is 16.0 Å². The third-order valence-electron chi connectivity index (χ3n) is 5.73. The van der Waals surface area contributed by atoms with Gasteiger partial charge in [0.05, 0.1) is 25.2 Å². The molecule has 1 aromatic carbocycles. The summed E-state index contributed by atoms with van der Waals surface area (Å²) >= 11 is 0. The third-order valence-corrected chi connectivity index (χ3v) is 5.73. The topological polar surface area (TPSA) is 110 Å². The van der Waals surface area contributed by atoms with Crippen molar-refractivity contribution in [3.05, 3.63) is 66.7 Å². The van der Waals surface area contributed by atoms with Gasteiger partial charge in [0.25, 0.3) is 0 Å². The van der Waals surface area contributed by atoms with Crippen LogP contribution in [0.15, 0.2) is 61.2 Å². The van der Waals surface area contributed by atoms with Gasteiger partial charge >= 0.3 is 0 Å². The zero-order valence-electron chi connectivity index (χ0n) is 18.7. The van der Waals surface area contributed by atoms with Gasteiger partial charge in [-0.1, -0.05) is 18.2 Å². The van der Waals surface area contributed by atoms with Crippen molar-refractivity contribution in [1.82, 2.24) is 34.9 Å². The van der Waals surface area contributed by atoms with Crippen LogP contribution in [0.3, 0.4) is 0 Å². The van der Waals surface area contributed by atoms with Crippen LogP contribution in [0, 0.1) is 0 Å². The third kappa shape index (κ3) is 5.19. The highest BCUT2D eigenvalue weighted by molar-refractivity contribution is 5.90. The number of aromatic nitrogens is 5. The van der Waals surface area contributed by atoms with Gasteiger partial charge in [-0.25, -0.2) is 9.97 Å². The lowest BCUT2D eigenvalue weighted by atomic mass is 10.1. The Labute approximate surface area is 197 Å². The van der Waals surface area contributed by atoms with Crippen LogP contribution in [0.25, 0.3) is 16.7 Å². The quantitative estimate of drug-likeness (QED) is 0.412. The predicted octanol–water partition coefficient (Wildman–Crippen LogP) is 1.94. The molecule has 0 saturated carbocycles. The minimum Gasteiger partial charge on any atom is -0.379 e. The molecule has 0 unspecified atom stereocenters. The average molecular weight is 459 g/mol. The number of nitrogens with one attached hydrogen (secondary N) is 2. The largest absolute Gasteiger partial charge is 0.379 e. The van der Waals surface area contributed by atoms with Gasteiger partial charge < -0.3 is 15.4 Å². The first kappa shape index (κ1) is 21.9. The van der Waals surface area contributed by atoms with E-state index in [-0.39, 0.29) is 5.91 Å². The minimum absolute atomic E-state index is 0.00615. The van der Waals surface area contributed by atoms with Crippen LogP contribution in [0.1, 0.15) is 5.56 Å². The number of benzene rings is 1. The molecule has 0 atom stereocenters. The molecule has 0 bridgehead atoms. The molecule has 1 aliphatic heterocycles. The molecule has 1 fully saturated rings. The molecule has 4 aromatic rings. The fourth-order valence-electron chi connectivity index (χ4n) is 4.01. The van der Waals surface area contributed by atoms with Crippen LogP contribution in [0.4, 0.5) is 11.6 Å². The molecule has 3 aromatic heterocycles. The summed E-state index contributed by atoms with van der Waals surface area (Å²) < 4.78 is 7.33. The number of amides is 1. The molecule has 10 nitrogen and oxygen atoms in total. The minimum atomic E-state index is 0.00615. The highest BCUT2D eigenvalue weighted by Crippen LogP contribution is 2.25. The number of carbonyl (C=O) groups is 1. The van der Waals surface area contributed by atoms with Gasteiger partial charge in [-0.15, -0.1) is 10.2 Å². The van der Waals surface area contributed by atoms with E-state index in [0.29, 0.717) is 30.4 Å². The summed E-state index contributed by atoms with van der Waals surface area (Å²) in [6.45, 7) is 4.81. The number of fused-ring (bicyclic) bond motifs is 1. The summed E-state index contributed by atoms with van der Waals surface area (Å²) in [5.74, 6) is 1.90. The Kier molecular flexibility index (Phi) is 6.68. The van der Waals surface area contributed by atoms with Crippen molar-refractivity contribution in [2.24, 2.45) is 0 Å². The molecule has 4 heterocycles. The fraction of sp³-hybridized carbons (Fsp3) is 0.292. The first-order valence-corrected chi connectivity index (χ1v) is 11.3. The van der Waals surface area contributed by atoms with Crippen LogP contribution in [-0.4, -0.2) is 74.9 Å². The van der Waals surface area contributed by atoms with Crippen molar-refractivity contribution in [3.63, 3.8) is 0 Å². The molecule has 34 heavy (non-hydrogen) atoms. The van der Waals surface area contributed by atoms with Gasteiger partial charge in [-0.3, -0.25) is 14.3 Å². The van der Waals surface area contributed by atoms with Crippen LogP contribution >= 0.6 is 0 Å². The van der Waals surface area contributed by atoms with Gasteiger partial charge in [0.15, 0.2) is 11.6 Å². The van der Waals surface area contributed by atoms with Gasteiger partial charge in [-0.05, 0) is 29.8 Å². The molecule has 2 N–H and O–H groups in total. The smallest absolute Gasteiger partial charge is 0.224 e. The molecule has 10 heteroatoms. The molecule has 1 saturated heterocycles. The standard InChI is InChI=1S/C24H26N8O2/c33-24(26-9-10-31-11-13-34-14-12-31)15-18-16-32(20-4-2-1-3-19(18)20)23-6-5-22(29-30-23)28-21-7-8-25-17-27-21/h1-8,16-17H,9-15H2,(H,26,33)(H,25,27,28,29). The molecule has 1 amide bonds. The molecule has 0 radical (unpaired) electrons. The molecular weight excluding hydrogens is 432 g/mol. The second-order valence-electron chi connectivity index (χ2n) is 8.02. The van der Waals surface area contributed by atoms with Gasteiger partial charge in [0, 0.05) is 44.0 Å². The maximum absolute atomic E-state index is 12.7. The van der Waals surface area contributed by atoms with Crippen molar-refractivity contribution in [2.45, 2.75) is 6.42 Å². The number of carbonyl (C=O) groups excluding carboxylic acids is 1. The number of hydrogen-bond donors (Lipinski definition) is 2. The Morgan fingerprint density at radius 2 is 1.91 bits per heavy atom. The Balaban J connectivity index is 1.28. The molecule has 0 spiro atoms. The number of ether oxygens (including phenoxy) is 1. The van der Waals surface area contributed by atoms with Crippen molar-refractivity contribution < 1.29 is 9.53 Å². The second kappa shape index (κ2) is 10.4. The number of anilines is 2. The number of morpholine rings is 1. The second-order valence-corrected chi connectivity index (χ2v) is 8.02. The lowest BCUT2D eigenvalue weighted by Crippen LogP contribution is -2.41. The zero-order valence-corrected chi connectivity index (χ0v) is 18.7. The normalized spacial score (nSPS) is 14.2. The monoisotopic (exact) mass is 458 g/mol. The van der Waals surface area contributed by atoms with E-state index in [4.69, 9.17) is 4.74 Å². The fourth-order valence-corrected chi connectivity index (χ4v) is 4.01. The number of para-hydroxylation sites is 1. The number of nitrogens with zero attached hydrogens (tertiary/aromatic N) is 6. The first-order chi connectivity index (χ1) is 16.8. The average Bonchev–Trinajstić information content (AvgIpc) is 3.24. The summed E-state index contributed by atoms with van der Waals surface area (Å²) in [5.41, 5.74) is 1.92. The lowest BCUT2D eigenvalue weighted by Gasteiger charge is -2.26. The highest BCUT2D eigenvalue weighted by Gasteiger charge is 2.15. The maximum atomic E-state index is 12.7.